The average molecular weight is 239 g/mol. The van der Waals surface area contributed by atoms with Gasteiger partial charge in [0.05, 0.1) is 18.6 Å². The van der Waals surface area contributed by atoms with E-state index in [4.69, 9.17) is 4.74 Å². The summed E-state index contributed by atoms with van der Waals surface area (Å²) >= 11 is 0. The number of hydrogen-bond acceptors (Lipinski definition) is 2. The number of hydrogen-bond donors (Lipinski definition) is 0. The van der Waals surface area contributed by atoms with Crippen molar-refractivity contribution in [2.75, 3.05) is 7.11 Å². The zero-order valence-corrected chi connectivity index (χ0v) is 11.0. The third-order valence-corrected chi connectivity index (χ3v) is 3.09. The van der Waals surface area contributed by atoms with E-state index in [-0.39, 0.29) is 0 Å². The van der Waals surface area contributed by atoms with Crippen LogP contribution in [-0.2, 0) is 4.74 Å². The molecule has 2 aromatic rings. The molecule has 0 unspecified atom stereocenters. The Hall–Kier alpha value is -2.09. The molecule has 0 saturated heterocycles. The van der Waals surface area contributed by atoms with Crippen LogP contribution in [0.1, 0.15) is 19.5 Å². The molecular weight excluding hydrogens is 222 g/mol. The zero-order valence-electron chi connectivity index (χ0n) is 11.0. The summed E-state index contributed by atoms with van der Waals surface area (Å²) in [5.74, 6) is 0.896. The van der Waals surface area contributed by atoms with Crippen LogP contribution in [0.2, 0.25) is 0 Å². The lowest BCUT2D eigenvalue weighted by Gasteiger charge is -2.08. The molecule has 2 heteroatoms. The molecule has 0 amide bonds. The van der Waals surface area contributed by atoms with Crippen LogP contribution in [-0.4, -0.2) is 12.1 Å². The normalized spacial score (nSPS) is 11.9. The highest BCUT2D eigenvalue weighted by Crippen LogP contribution is 2.23. The molecule has 92 valence electrons. The minimum Gasteiger partial charge on any atom is -0.501 e. The van der Waals surface area contributed by atoms with Crippen LogP contribution in [0.15, 0.2) is 54.4 Å². The molecule has 2 rings (SSSR count). The Balaban J connectivity index is 2.44. The van der Waals surface area contributed by atoms with Gasteiger partial charge in [0.2, 0.25) is 0 Å². The predicted molar refractivity (Wildman–Crippen MR) is 75.0 cm³/mol. The first-order valence-corrected chi connectivity index (χ1v) is 5.95. The van der Waals surface area contributed by atoms with E-state index in [0.717, 1.165) is 17.0 Å². The van der Waals surface area contributed by atoms with E-state index in [1.807, 2.05) is 44.3 Å². The van der Waals surface area contributed by atoms with Crippen LogP contribution < -0.4 is 0 Å². The van der Waals surface area contributed by atoms with Crippen molar-refractivity contribution in [2.45, 2.75) is 13.8 Å². The molecular formula is C16H17NO. The fraction of sp³-hybridized carbons (Fsp3) is 0.188. The van der Waals surface area contributed by atoms with Gasteiger partial charge in [0, 0.05) is 11.8 Å². The van der Waals surface area contributed by atoms with E-state index in [0.29, 0.717) is 0 Å². The van der Waals surface area contributed by atoms with Gasteiger partial charge in [-0.15, -0.1) is 0 Å². The first-order valence-electron chi connectivity index (χ1n) is 5.95. The van der Waals surface area contributed by atoms with E-state index in [2.05, 4.69) is 23.2 Å². The molecule has 0 fully saturated rings. The lowest BCUT2D eigenvalue weighted by molar-refractivity contribution is 0.295. The van der Waals surface area contributed by atoms with E-state index in [1.165, 1.54) is 11.1 Å². The van der Waals surface area contributed by atoms with Crippen LogP contribution in [0.25, 0.3) is 16.7 Å². The van der Waals surface area contributed by atoms with Gasteiger partial charge in [0.25, 0.3) is 0 Å². The molecule has 0 saturated carbocycles. The van der Waals surface area contributed by atoms with Gasteiger partial charge in [-0.05, 0) is 37.1 Å². The lowest BCUT2D eigenvalue weighted by atomic mass is 10.0. The van der Waals surface area contributed by atoms with Gasteiger partial charge in [-0.2, -0.15) is 0 Å². The number of rotatable bonds is 3. The zero-order chi connectivity index (χ0) is 13.0. The summed E-state index contributed by atoms with van der Waals surface area (Å²) in [5, 5.41) is 0. The fourth-order valence-electron chi connectivity index (χ4n) is 1.78. The molecule has 1 heterocycles. The molecule has 18 heavy (non-hydrogen) atoms. The summed E-state index contributed by atoms with van der Waals surface area (Å²) in [7, 11) is 1.68. The Morgan fingerprint density at radius 3 is 2.39 bits per heavy atom. The minimum atomic E-state index is 0.896. The quantitative estimate of drug-likeness (QED) is 0.751. The summed E-state index contributed by atoms with van der Waals surface area (Å²) < 4.78 is 5.25. The maximum atomic E-state index is 5.25. The second-order valence-electron chi connectivity index (χ2n) is 4.18. The van der Waals surface area contributed by atoms with E-state index in [9.17, 15) is 0 Å². The number of benzene rings is 1. The van der Waals surface area contributed by atoms with Crippen molar-refractivity contribution >= 4 is 5.57 Å². The first kappa shape index (κ1) is 12.4. The second kappa shape index (κ2) is 5.50. The van der Waals surface area contributed by atoms with Gasteiger partial charge in [-0.3, -0.25) is 4.98 Å². The Bertz CT molecular complexity index is 558. The summed E-state index contributed by atoms with van der Waals surface area (Å²) in [5.41, 5.74) is 4.39. The summed E-state index contributed by atoms with van der Waals surface area (Å²) in [6, 6.07) is 14.4. The second-order valence-corrected chi connectivity index (χ2v) is 4.18. The Morgan fingerprint density at radius 2 is 1.72 bits per heavy atom. The van der Waals surface area contributed by atoms with Crippen LogP contribution in [0, 0.1) is 0 Å². The predicted octanol–water partition coefficient (Wildman–Crippen LogP) is 4.15. The summed E-state index contributed by atoms with van der Waals surface area (Å²) in [6.07, 6.45) is 1.84. The molecule has 0 atom stereocenters. The Morgan fingerprint density at radius 1 is 1.00 bits per heavy atom. The van der Waals surface area contributed by atoms with E-state index in [1.54, 1.807) is 7.11 Å². The van der Waals surface area contributed by atoms with Gasteiger partial charge in [0.15, 0.2) is 0 Å². The third-order valence-electron chi connectivity index (χ3n) is 3.09. The van der Waals surface area contributed by atoms with Gasteiger partial charge >= 0.3 is 0 Å². The van der Waals surface area contributed by atoms with E-state index >= 15 is 0 Å². The number of aromatic nitrogens is 1. The average Bonchev–Trinajstić information content (AvgIpc) is 2.46. The molecule has 0 aliphatic heterocycles. The summed E-state index contributed by atoms with van der Waals surface area (Å²) in [4.78, 5) is 4.40. The highest BCUT2D eigenvalue weighted by molar-refractivity contribution is 5.70. The van der Waals surface area contributed by atoms with Crippen LogP contribution >= 0.6 is 0 Å². The first-order chi connectivity index (χ1) is 8.72. The smallest absolute Gasteiger partial charge is 0.0975 e. The van der Waals surface area contributed by atoms with Crippen molar-refractivity contribution in [2.24, 2.45) is 0 Å². The van der Waals surface area contributed by atoms with Gasteiger partial charge < -0.3 is 4.74 Å². The third kappa shape index (κ3) is 2.59. The molecule has 0 bridgehead atoms. The SMILES string of the molecule is CO/C(C)=C(/C)c1cc(-c2ccccc2)ccn1. The number of ether oxygens (including phenoxy) is 1. The molecule has 0 N–H and O–H groups in total. The number of pyridine rings is 1. The maximum absolute atomic E-state index is 5.25. The molecule has 1 aromatic heterocycles. The van der Waals surface area contributed by atoms with Crippen molar-refractivity contribution in [1.29, 1.82) is 0 Å². The molecule has 0 aliphatic carbocycles. The van der Waals surface area contributed by atoms with Crippen molar-refractivity contribution in [3.63, 3.8) is 0 Å². The highest BCUT2D eigenvalue weighted by Gasteiger charge is 2.04. The van der Waals surface area contributed by atoms with Crippen molar-refractivity contribution < 1.29 is 4.74 Å². The van der Waals surface area contributed by atoms with Crippen LogP contribution in [0.4, 0.5) is 0 Å². The van der Waals surface area contributed by atoms with Crippen LogP contribution in [0.5, 0.6) is 0 Å². The Labute approximate surface area is 108 Å². The minimum absolute atomic E-state index is 0.896. The largest absolute Gasteiger partial charge is 0.501 e. The molecule has 1 aromatic carbocycles. The number of allylic oxidation sites excluding steroid dienone is 2. The monoisotopic (exact) mass is 239 g/mol. The van der Waals surface area contributed by atoms with Gasteiger partial charge in [-0.1, -0.05) is 30.3 Å². The van der Waals surface area contributed by atoms with Crippen molar-refractivity contribution in [1.82, 2.24) is 4.98 Å². The molecule has 0 aliphatic rings. The van der Waals surface area contributed by atoms with Gasteiger partial charge in [-0.25, -0.2) is 0 Å². The molecule has 2 nitrogen and oxygen atoms in total. The van der Waals surface area contributed by atoms with Crippen molar-refractivity contribution in [3.05, 3.63) is 60.1 Å². The van der Waals surface area contributed by atoms with Crippen molar-refractivity contribution in [3.8, 4) is 11.1 Å². The molecule has 0 radical (unpaired) electrons. The topological polar surface area (TPSA) is 22.1 Å². The van der Waals surface area contributed by atoms with Gasteiger partial charge in [0.1, 0.15) is 0 Å². The van der Waals surface area contributed by atoms with Crippen LogP contribution in [0.3, 0.4) is 0 Å². The number of methoxy groups -OCH3 is 1. The lowest BCUT2D eigenvalue weighted by Crippen LogP contribution is -1.92. The summed E-state index contributed by atoms with van der Waals surface area (Å²) in [6.45, 7) is 3.97. The highest BCUT2D eigenvalue weighted by atomic mass is 16.5. The number of nitrogens with zero attached hydrogens (tertiary/aromatic N) is 1. The fourth-order valence-corrected chi connectivity index (χ4v) is 1.78. The van der Waals surface area contributed by atoms with E-state index < -0.39 is 0 Å². The Kier molecular flexibility index (Phi) is 3.78. The maximum Gasteiger partial charge on any atom is 0.0975 e. The molecule has 0 spiro atoms. The standard InChI is InChI=1S/C16H17NO/c1-12(13(2)18-3)16-11-15(9-10-17-16)14-7-5-4-6-8-14/h4-11H,1-3H3/b13-12-.